The summed E-state index contributed by atoms with van der Waals surface area (Å²) in [6.07, 6.45) is 0.560. The van der Waals surface area contributed by atoms with Crippen molar-refractivity contribution in [3.8, 4) is 0 Å². The third-order valence-corrected chi connectivity index (χ3v) is 6.38. The van der Waals surface area contributed by atoms with Gasteiger partial charge < -0.3 is 20.1 Å². The highest BCUT2D eigenvalue weighted by Crippen LogP contribution is 2.51. The summed E-state index contributed by atoms with van der Waals surface area (Å²) in [7, 11) is 0. The van der Waals surface area contributed by atoms with Crippen LogP contribution in [0.15, 0.2) is 16.8 Å². The van der Waals surface area contributed by atoms with Crippen molar-refractivity contribution in [3.63, 3.8) is 0 Å². The molecule has 134 valence electrons. The second-order valence-corrected chi connectivity index (χ2v) is 8.32. The number of morpholine rings is 1. The number of rotatable bonds is 4. The van der Waals surface area contributed by atoms with Crippen molar-refractivity contribution < 1.29 is 14.3 Å². The lowest BCUT2D eigenvalue weighted by Gasteiger charge is -2.59. The number of hydrogen-bond acceptors (Lipinski definition) is 5. The predicted octanol–water partition coefficient (Wildman–Crippen LogP) is 2.57. The zero-order valence-corrected chi connectivity index (χ0v) is 15.8. The van der Waals surface area contributed by atoms with Crippen LogP contribution in [0, 0.1) is 5.41 Å². The minimum Gasteiger partial charge on any atom is -0.378 e. The molecule has 0 bridgehead atoms. The first-order chi connectivity index (χ1) is 11.3. The molecule has 0 radical (unpaired) electrons. The van der Waals surface area contributed by atoms with Gasteiger partial charge in [0.25, 0.3) is 0 Å². The molecule has 0 aromatic carbocycles. The molecule has 3 rings (SSSR count). The lowest BCUT2D eigenvalue weighted by atomic mass is 9.54. The summed E-state index contributed by atoms with van der Waals surface area (Å²) in [4.78, 5) is 15.1. The molecule has 24 heavy (non-hydrogen) atoms. The Labute approximate surface area is 148 Å². The van der Waals surface area contributed by atoms with Gasteiger partial charge in [-0.1, -0.05) is 13.8 Å². The molecule has 1 amide bonds. The molecule has 1 saturated heterocycles. The van der Waals surface area contributed by atoms with E-state index >= 15 is 0 Å². The molecule has 2 aliphatic rings. The monoisotopic (exact) mass is 352 g/mol. The van der Waals surface area contributed by atoms with Gasteiger partial charge in [0.15, 0.2) is 0 Å². The number of ether oxygens (including phenoxy) is 2. The van der Waals surface area contributed by atoms with Gasteiger partial charge >= 0.3 is 0 Å². The molecule has 5 nitrogen and oxygen atoms in total. The van der Waals surface area contributed by atoms with E-state index in [0.717, 1.165) is 5.56 Å². The lowest BCUT2D eigenvalue weighted by Crippen LogP contribution is -2.76. The summed E-state index contributed by atoms with van der Waals surface area (Å²) >= 11 is 1.65. The third kappa shape index (κ3) is 2.79. The fourth-order valence-electron chi connectivity index (χ4n) is 3.84. The van der Waals surface area contributed by atoms with Crippen molar-refractivity contribution in [1.82, 2.24) is 4.90 Å². The van der Waals surface area contributed by atoms with Gasteiger partial charge in [0, 0.05) is 25.0 Å². The second-order valence-electron chi connectivity index (χ2n) is 7.54. The highest BCUT2D eigenvalue weighted by Gasteiger charge is 2.64. The van der Waals surface area contributed by atoms with Crippen LogP contribution in [0.4, 0.5) is 0 Å². The molecule has 1 saturated carbocycles. The van der Waals surface area contributed by atoms with Crippen molar-refractivity contribution >= 4 is 17.2 Å². The number of nitrogens with two attached hydrogens (primary N) is 1. The molecule has 1 aromatic rings. The molecular formula is C18H28N2O3S. The average molecular weight is 353 g/mol. The van der Waals surface area contributed by atoms with Crippen molar-refractivity contribution in [2.45, 2.75) is 58.0 Å². The maximum absolute atomic E-state index is 13.2. The molecule has 4 atom stereocenters. The maximum Gasteiger partial charge on any atom is 0.243 e. The molecular weight excluding hydrogens is 324 g/mol. The first-order valence-electron chi connectivity index (χ1n) is 8.67. The highest BCUT2D eigenvalue weighted by molar-refractivity contribution is 7.07. The number of carbonyl (C=O) groups is 1. The summed E-state index contributed by atoms with van der Waals surface area (Å²) in [5.74, 6) is 0.0267. The van der Waals surface area contributed by atoms with Gasteiger partial charge in [0.05, 0.1) is 18.8 Å². The Morgan fingerprint density at radius 1 is 1.50 bits per heavy atom. The Kier molecular flexibility index (Phi) is 4.77. The van der Waals surface area contributed by atoms with E-state index < -0.39 is 5.54 Å². The van der Waals surface area contributed by atoms with Crippen LogP contribution in [0.1, 0.15) is 45.8 Å². The van der Waals surface area contributed by atoms with Crippen LogP contribution < -0.4 is 5.73 Å². The van der Waals surface area contributed by atoms with Crippen LogP contribution in [-0.2, 0) is 14.3 Å². The SMILES string of the molecule is CCOC1CC(N)(C(=O)N2CC(C)OC(c3ccsc3)C2)C1(C)C. The number of carbonyl (C=O) groups excluding carboxylic acids is 1. The number of hydrogen-bond donors (Lipinski definition) is 1. The molecule has 2 N–H and O–H groups in total. The number of amides is 1. The highest BCUT2D eigenvalue weighted by atomic mass is 32.1. The molecule has 1 aliphatic heterocycles. The minimum absolute atomic E-state index is 0.00192. The zero-order valence-electron chi connectivity index (χ0n) is 15.0. The first-order valence-corrected chi connectivity index (χ1v) is 9.61. The Balaban J connectivity index is 1.75. The van der Waals surface area contributed by atoms with Crippen molar-refractivity contribution in [1.29, 1.82) is 0 Å². The van der Waals surface area contributed by atoms with Crippen molar-refractivity contribution in [2.24, 2.45) is 11.1 Å². The van der Waals surface area contributed by atoms with Crippen LogP contribution in [0.5, 0.6) is 0 Å². The van der Waals surface area contributed by atoms with Gasteiger partial charge in [0.2, 0.25) is 5.91 Å². The van der Waals surface area contributed by atoms with E-state index in [1.807, 2.05) is 38.0 Å². The van der Waals surface area contributed by atoms with Gasteiger partial charge in [-0.2, -0.15) is 11.3 Å². The van der Waals surface area contributed by atoms with E-state index in [4.69, 9.17) is 15.2 Å². The fraction of sp³-hybridized carbons (Fsp3) is 0.722. The smallest absolute Gasteiger partial charge is 0.243 e. The molecule has 2 fully saturated rings. The van der Waals surface area contributed by atoms with E-state index in [-0.39, 0.29) is 29.6 Å². The van der Waals surface area contributed by atoms with E-state index in [0.29, 0.717) is 26.1 Å². The fourth-order valence-corrected chi connectivity index (χ4v) is 4.54. The molecule has 6 heteroatoms. The van der Waals surface area contributed by atoms with Crippen LogP contribution in [0.3, 0.4) is 0 Å². The van der Waals surface area contributed by atoms with E-state index in [1.54, 1.807) is 11.3 Å². The Bertz CT molecular complexity index is 589. The van der Waals surface area contributed by atoms with E-state index in [1.165, 1.54) is 0 Å². The Morgan fingerprint density at radius 2 is 2.25 bits per heavy atom. The molecule has 1 aromatic heterocycles. The predicted molar refractivity (Wildman–Crippen MR) is 94.9 cm³/mol. The van der Waals surface area contributed by atoms with Crippen LogP contribution in [-0.4, -0.2) is 48.3 Å². The minimum atomic E-state index is -0.858. The molecule has 1 aliphatic carbocycles. The van der Waals surface area contributed by atoms with Crippen molar-refractivity contribution in [2.75, 3.05) is 19.7 Å². The molecule has 0 spiro atoms. The summed E-state index contributed by atoms with van der Waals surface area (Å²) in [5, 5.41) is 4.12. The third-order valence-electron chi connectivity index (χ3n) is 5.67. The Hall–Kier alpha value is -0.950. The van der Waals surface area contributed by atoms with E-state index in [9.17, 15) is 4.79 Å². The lowest BCUT2D eigenvalue weighted by molar-refractivity contribution is -0.187. The summed E-state index contributed by atoms with van der Waals surface area (Å²) < 4.78 is 11.8. The van der Waals surface area contributed by atoms with Gasteiger partial charge in [-0.25, -0.2) is 0 Å². The second kappa shape index (κ2) is 6.41. The standard InChI is InChI=1S/C18H28N2O3S/c1-5-22-15-8-18(19,17(15,3)4)16(21)20-9-12(2)23-14(10-20)13-6-7-24-11-13/h6-7,11-12,14-15H,5,8-10,19H2,1-4H3. The first kappa shape index (κ1) is 17.9. The van der Waals surface area contributed by atoms with Crippen LogP contribution in [0.2, 0.25) is 0 Å². The zero-order chi connectivity index (χ0) is 17.5. The summed E-state index contributed by atoms with van der Waals surface area (Å²) in [6, 6.07) is 2.06. The Morgan fingerprint density at radius 3 is 2.83 bits per heavy atom. The van der Waals surface area contributed by atoms with Gasteiger partial charge in [-0.15, -0.1) is 0 Å². The summed E-state index contributed by atoms with van der Waals surface area (Å²) in [6.45, 7) is 9.86. The maximum atomic E-state index is 13.2. The van der Waals surface area contributed by atoms with Gasteiger partial charge in [-0.3, -0.25) is 4.79 Å². The van der Waals surface area contributed by atoms with E-state index in [2.05, 4.69) is 11.4 Å². The van der Waals surface area contributed by atoms with Crippen LogP contribution >= 0.6 is 11.3 Å². The normalized spacial score (nSPS) is 35.5. The largest absolute Gasteiger partial charge is 0.378 e. The molecule has 4 unspecified atom stereocenters. The average Bonchev–Trinajstić information content (AvgIpc) is 3.07. The topological polar surface area (TPSA) is 64.8 Å². The van der Waals surface area contributed by atoms with Gasteiger partial charge in [-0.05, 0) is 36.2 Å². The quantitative estimate of drug-likeness (QED) is 0.904. The van der Waals surface area contributed by atoms with Crippen molar-refractivity contribution in [3.05, 3.63) is 22.4 Å². The summed E-state index contributed by atoms with van der Waals surface area (Å²) in [5.41, 5.74) is 6.49. The van der Waals surface area contributed by atoms with Gasteiger partial charge in [0.1, 0.15) is 11.6 Å². The number of nitrogens with zero attached hydrogens (tertiary/aromatic N) is 1. The number of thiophene rings is 1. The molecule has 2 heterocycles. The van der Waals surface area contributed by atoms with Crippen LogP contribution in [0.25, 0.3) is 0 Å².